The number of hydrogen-bond donors (Lipinski definition) is 0. The van der Waals surface area contributed by atoms with Crippen molar-refractivity contribution in [1.29, 1.82) is 0 Å². The largest absolute Gasteiger partial charge is 0.242 e. The number of rotatable bonds is 1. The molecule has 84 valence electrons. The Labute approximate surface area is 104 Å². The molecular formula is C12H13ClN2S. The second kappa shape index (κ2) is 4.30. The van der Waals surface area contributed by atoms with E-state index in [0.717, 1.165) is 5.52 Å². The van der Waals surface area contributed by atoms with E-state index in [2.05, 4.69) is 9.97 Å². The summed E-state index contributed by atoms with van der Waals surface area (Å²) in [5.74, 6) is 0.655. The Kier molecular flexibility index (Phi) is 2.82. The average molecular weight is 253 g/mol. The molecule has 0 bridgehead atoms. The van der Waals surface area contributed by atoms with Gasteiger partial charge in [0, 0.05) is 12.1 Å². The van der Waals surface area contributed by atoms with Gasteiger partial charge in [0.05, 0.1) is 9.71 Å². The molecule has 2 aromatic heterocycles. The minimum Gasteiger partial charge on any atom is -0.242 e. The third-order valence-corrected chi connectivity index (χ3v) is 4.69. The molecule has 2 nitrogen and oxygen atoms in total. The summed E-state index contributed by atoms with van der Waals surface area (Å²) in [6, 6.07) is 2.01. The number of thiazole rings is 1. The summed E-state index contributed by atoms with van der Waals surface area (Å²) in [5, 5.41) is 1.79. The Balaban J connectivity index is 2.01. The summed E-state index contributed by atoms with van der Waals surface area (Å²) in [4.78, 5) is 8.74. The molecule has 1 fully saturated rings. The number of nitrogens with zero attached hydrogens (tertiary/aromatic N) is 2. The number of aromatic nitrogens is 2. The summed E-state index contributed by atoms with van der Waals surface area (Å²) >= 11 is 7.82. The SMILES string of the molecule is Clc1nccc2sc(C3CCCCC3)nc12. The molecule has 2 aromatic rings. The first-order valence-electron chi connectivity index (χ1n) is 5.75. The third-order valence-electron chi connectivity index (χ3n) is 3.23. The van der Waals surface area contributed by atoms with E-state index in [1.54, 1.807) is 17.5 Å². The van der Waals surface area contributed by atoms with Crippen molar-refractivity contribution in [3.05, 3.63) is 22.4 Å². The molecule has 1 aliphatic rings. The van der Waals surface area contributed by atoms with Crippen LogP contribution in [0.1, 0.15) is 43.0 Å². The van der Waals surface area contributed by atoms with Crippen LogP contribution in [0.4, 0.5) is 0 Å². The summed E-state index contributed by atoms with van der Waals surface area (Å²) in [6.45, 7) is 0. The highest BCUT2D eigenvalue weighted by Crippen LogP contribution is 2.37. The second-order valence-corrected chi connectivity index (χ2v) is 5.76. The van der Waals surface area contributed by atoms with Crippen LogP contribution in [0.15, 0.2) is 12.3 Å². The lowest BCUT2D eigenvalue weighted by molar-refractivity contribution is 0.443. The molecule has 16 heavy (non-hydrogen) atoms. The zero-order valence-electron chi connectivity index (χ0n) is 8.95. The second-order valence-electron chi connectivity index (χ2n) is 4.34. The molecule has 4 heteroatoms. The van der Waals surface area contributed by atoms with Gasteiger partial charge in [0.15, 0.2) is 5.15 Å². The van der Waals surface area contributed by atoms with Crippen LogP contribution in [-0.4, -0.2) is 9.97 Å². The number of hydrogen-bond acceptors (Lipinski definition) is 3. The maximum absolute atomic E-state index is 6.04. The average Bonchev–Trinajstić information content (AvgIpc) is 2.76. The van der Waals surface area contributed by atoms with Crippen molar-refractivity contribution in [2.24, 2.45) is 0 Å². The van der Waals surface area contributed by atoms with Crippen molar-refractivity contribution in [2.45, 2.75) is 38.0 Å². The van der Waals surface area contributed by atoms with Crippen LogP contribution in [0, 0.1) is 0 Å². The van der Waals surface area contributed by atoms with Crippen molar-refractivity contribution in [3.63, 3.8) is 0 Å². The standard InChI is InChI=1S/C12H13ClN2S/c13-11-10-9(6-7-14-11)16-12(15-10)8-4-2-1-3-5-8/h6-8H,1-5H2. The summed E-state index contributed by atoms with van der Waals surface area (Å²) in [7, 11) is 0. The van der Waals surface area contributed by atoms with Crippen LogP contribution in [0.3, 0.4) is 0 Å². The zero-order chi connectivity index (χ0) is 11.0. The fourth-order valence-electron chi connectivity index (χ4n) is 2.37. The van der Waals surface area contributed by atoms with Gasteiger partial charge in [0.1, 0.15) is 5.52 Å². The molecule has 1 saturated carbocycles. The van der Waals surface area contributed by atoms with Crippen molar-refractivity contribution in [1.82, 2.24) is 9.97 Å². The predicted molar refractivity (Wildman–Crippen MR) is 68.3 cm³/mol. The fourth-order valence-corrected chi connectivity index (χ4v) is 3.75. The summed E-state index contributed by atoms with van der Waals surface area (Å²) < 4.78 is 1.17. The first-order chi connectivity index (χ1) is 7.84. The van der Waals surface area contributed by atoms with E-state index in [9.17, 15) is 0 Å². The van der Waals surface area contributed by atoms with Crippen LogP contribution in [-0.2, 0) is 0 Å². The lowest BCUT2D eigenvalue weighted by Gasteiger charge is -2.18. The summed E-state index contributed by atoms with van der Waals surface area (Å²) in [6.07, 6.45) is 8.38. The van der Waals surface area contributed by atoms with Gasteiger partial charge in [-0.15, -0.1) is 11.3 Å². The molecular weight excluding hydrogens is 240 g/mol. The van der Waals surface area contributed by atoms with E-state index in [0.29, 0.717) is 11.1 Å². The number of pyridine rings is 1. The first kappa shape index (κ1) is 10.5. The predicted octanol–water partition coefficient (Wildman–Crippen LogP) is 4.39. The van der Waals surface area contributed by atoms with Crippen molar-refractivity contribution in [2.75, 3.05) is 0 Å². The molecule has 1 aliphatic carbocycles. The van der Waals surface area contributed by atoms with Crippen LogP contribution >= 0.6 is 22.9 Å². The number of fused-ring (bicyclic) bond motifs is 1. The van der Waals surface area contributed by atoms with Crippen LogP contribution < -0.4 is 0 Å². The Hall–Kier alpha value is -0.670. The van der Waals surface area contributed by atoms with Gasteiger partial charge in [0.25, 0.3) is 0 Å². The minimum absolute atomic E-state index is 0.538. The van der Waals surface area contributed by atoms with E-state index >= 15 is 0 Å². The maximum atomic E-state index is 6.04. The topological polar surface area (TPSA) is 25.8 Å². The lowest BCUT2D eigenvalue weighted by atomic mass is 9.90. The molecule has 0 aromatic carbocycles. The van der Waals surface area contributed by atoms with E-state index in [1.807, 2.05) is 6.07 Å². The van der Waals surface area contributed by atoms with Gasteiger partial charge in [-0.1, -0.05) is 30.9 Å². The highest BCUT2D eigenvalue weighted by molar-refractivity contribution is 7.18. The van der Waals surface area contributed by atoms with Gasteiger partial charge in [-0.25, -0.2) is 9.97 Å². The Morgan fingerprint density at radius 2 is 2.06 bits per heavy atom. The first-order valence-corrected chi connectivity index (χ1v) is 6.95. The number of halogens is 1. The fraction of sp³-hybridized carbons (Fsp3) is 0.500. The molecule has 0 N–H and O–H groups in total. The normalized spacial score (nSPS) is 18.1. The molecule has 0 saturated heterocycles. The van der Waals surface area contributed by atoms with Crippen molar-refractivity contribution >= 4 is 33.2 Å². The minimum atomic E-state index is 0.538. The Morgan fingerprint density at radius 3 is 2.81 bits per heavy atom. The highest BCUT2D eigenvalue weighted by atomic mass is 35.5. The van der Waals surface area contributed by atoms with Crippen molar-refractivity contribution in [3.8, 4) is 0 Å². The van der Waals surface area contributed by atoms with E-state index < -0.39 is 0 Å². The van der Waals surface area contributed by atoms with Gasteiger partial charge in [-0.2, -0.15) is 0 Å². The zero-order valence-corrected chi connectivity index (χ0v) is 10.5. The monoisotopic (exact) mass is 252 g/mol. The summed E-state index contributed by atoms with van der Waals surface area (Å²) in [5.41, 5.74) is 0.884. The molecule has 0 spiro atoms. The van der Waals surface area contributed by atoms with Gasteiger partial charge in [-0.3, -0.25) is 0 Å². The van der Waals surface area contributed by atoms with Gasteiger partial charge in [0.2, 0.25) is 0 Å². The van der Waals surface area contributed by atoms with E-state index in [4.69, 9.17) is 11.6 Å². The van der Waals surface area contributed by atoms with Crippen molar-refractivity contribution < 1.29 is 0 Å². The molecule has 0 unspecified atom stereocenters. The Bertz CT molecular complexity index is 503. The molecule has 2 heterocycles. The molecule has 0 amide bonds. The smallest absolute Gasteiger partial charge is 0.156 e. The molecule has 0 aliphatic heterocycles. The Morgan fingerprint density at radius 1 is 1.25 bits per heavy atom. The van der Waals surface area contributed by atoms with Gasteiger partial charge >= 0.3 is 0 Å². The highest BCUT2D eigenvalue weighted by Gasteiger charge is 2.19. The van der Waals surface area contributed by atoms with Gasteiger partial charge in [-0.05, 0) is 18.9 Å². The molecule has 0 radical (unpaired) electrons. The third kappa shape index (κ3) is 1.82. The van der Waals surface area contributed by atoms with Crippen LogP contribution in [0.25, 0.3) is 10.2 Å². The quantitative estimate of drug-likeness (QED) is 0.704. The lowest BCUT2D eigenvalue weighted by Crippen LogP contribution is -2.03. The van der Waals surface area contributed by atoms with Crippen LogP contribution in [0.5, 0.6) is 0 Å². The van der Waals surface area contributed by atoms with E-state index in [1.165, 1.54) is 41.8 Å². The molecule has 3 rings (SSSR count). The maximum Gasteiger partial charge on any atom is 0.156 e. The van der Waals surface area contributed by atoms with Crippen LogP contribution in [0.2, 0.25) is 5.15 Å². The molecule has 0 atom stereocenters. The van der Waals surface area contributed by atoms with E-state index in [-0.39, 0.29) is 0 Å². The van der Waals surface area contributed by atoms with Gasteiger partial charge < -0.3 is 0 Å².